The summed E-state index contributed by atoms with van der Waals surface area (Å²) in [6.07, 6.45) is 3.98. The van der Waals surface area contributed by atoms with Crippen LogP contribution in [0.4, 0.5) is 0 Å². The first-order chi connectivity index (χ1) is 9.10. The van der Waals surface area contributed by atoms with Gasteiger partial charge in [0.2, 0.25) is 11.8 Å². The first kappa shape index (κ1) is 14.3. The van der Waals surface area contributed by atoms with Gasteiger partial charge in [0.1, 0.15) is 0 Å². The van der Waals surface area contributed by atoms with Gasteiger partial charge in [-0.1, -0.05) is 6.42 Å². The Morgan fingerprint density at radius 2 is 1.95 bits per heavy atom. The Kier molecular flexibility index (Phi) is 4.80. The maximum Gasteiger partial charge on any atom is 0.225 e. The van der Waals surface area contributed by atoms with Gasteiger partial charge >= 0.3 is 0 Å². The van der Waals surface area contributed by atoms with Crippen molar-refractivity contribution in [2.75, 3.05) is 39.8 Å². The van der Waals surface area contributed by atoms with E-state index in [1.165, 1.54) is 19.3 Å². The molecule has 0 unspecified atom stereocenters. The minimum absolute atomic E-state index is 0.0479. The Balaban J connectivity index is 1.98. The summed E-state index contributed by atoms with van der Waals surface area (Å²) in [5, 5.41) is 2.72. The van der Waals surface area contributed by atoms with Crippen LogP contribution in [0.25, 0.3) is 0 Å². The molecular formula is C14H25N3O2. The molecule has 1 aliphatic carbocycles. The summed E-state index contributed by atoms with van der Waals surface area (Å²) in [5.74, 6) is 0.817. The topological polar surface area (TPSA) is 52.7 Å². The highest BCUT2D eigenvalue weighted by molar-refractivity contribution is 5.80. The van der Waals surface area contributed by atoms with Gasteiger partial charge in [-0.2, -0.15) is 0 Å². The Hall–Kier alpha value is -1.10. The van der Waals surface area contributed by atoms with Gasteiger partial charge in [-0.25, -0.2) is 0 Å². The van der Waals surface area contributed by atoms with Gasteiger partial charge in [0.15, 0.2) is 0 Å². The average Bonchev–Trinajstić information content (AvgIpc) is 2.55. The first-order valence-electron chi connectivity index (χ1n) is 7.29. The Morgan fingerprint density at radius 1 is 1.21 bits per heavy atom. The number of carbonyl (C=O) groups excluding carboxylic acids is 2. The summed E-state index contributed by atoms with van der Waals surface area (Å²) >= 11 is 0. The molecule has 108 valence electrons. The summed E-state index contributed by atoms with van der Waals surface area (Å²) in [6, 6.07) is 0. The molecule has 0 bridgehead atoms. The van der Waals surface area contributed by atoms with E-state index < -0.39 is 0 Å². The van der Waals surface area contributed by atoms with Crippen molar-refractivity contribution in [2.45, 2.75) is 26.2 Å². The molecule has 2 amide bonds. The van der Waals surface area contributed by atoms with Crippen LogP contribution in [-0.4, -0.2) is 61.4 Å². The van der Waals surface area contributed by atoms with Crippen LogP contribution < -0.4 is 5.32 Å². The molecule has 5 nitrogen and oxygen atoms in total. The minimum atomic E-state index is -0.100. The summed E-state index contributed by atoms with van der Waals surface area (Å²) in [5.41, 5.74) is 0. The summed E-state index contributed by atoms with van der Waals surface area (Å²) < 4.78 is 0. The van der Waals surface area contributed by atoms with Crippen molar-refractivity contribution in [3.8, 4) is 0 Å². The SMILES string of the molecule is CNC(=O)[C@@H]1CN(CC2CCC2)CCN(C(C)=O)C1. The molecule has 0 spiro atoms. The van der Waals surface area contributed by atoms with Crippen molar-refractivity contribution in [1.29, 1.82) is 0 Å². The fraction of sp³-hybridized carbons (Fsp3) is 0.857. The molecule has 1 N–H and O–H groups in total. The lowest BCUT2D eigenvalue weighted by molar-refractivity contribution is -0.130. The third-order valence-electron chi connectivity index (χ3n) is 4.41. The molecule has 5 heteroatoms. The van der Waals surface area contributed by atoms with Crippen molar-refractivity contribution < 1.29 is 9.59 Å². The van der Waals surface area contributed by atoms with E-state index in [9.17, 15) is 9.59 Å². The number of amides is 2. The molecule has 19 heavy (non-hydrogen) atoms. The molecule has 2 rings (SSSR count). The molecule has 0 aromatic rings. The molecular weight excluding hydrogens is 242 g/mol. The van der Waals surface area contributed by atoms with Crippen molar-refractivity contribution >= 4 is 11.8 Å². The van der Waals surface area contributed by atoms with Crippen LogP contribution in [0.2, 0.25) is 0 Å². The van der Waals surface area contributed by atoms with E-state index in [2.05, 4.69) is 10.2 Å². The van der Waals surface area contributed by atoms with E-state index in [0.29, 0.717) is 6.54 Å². The Bertz CT molecular complexity index is 342. The van der Waals surface area contributed by atoms with Gasteiger partial charge in [-0.3, -0.25) is 9.59 Å². The van der Waals surface area contributed by atoms with E-state index in [-0.39, 0.29) is 17.7 Å². The van der Waals surface area contributed by atoms with Gasteiger partial charge in [0, 0.05) is 46.7 Å². The second-order valence-electron chi connectivity index (χ2n) is 5.83. The third kappa shape index (κ3) is 3.69. The van der Waals surface area contributed by atoms with Crippen LogP contribution in [0, 0.1) is 11.8 Å². The van der Waals surface area contributed by atoms with E-state index >= 15 is 0 Å². The molecule has 0 aromatic carbocycles. The van der Waals surface area contributed by atoms with Crippen LogP contribution in [0.3, 0.4) is 0 Å². The van der Waals surface area contributed by atoms with Crippen LogP contribution in [0.1, 0.15) is 26.2 Å². The van der Waals surface area contributed by atoms with Gasteiger partial charge in [0.25, 0.3) is 0 Å². The number of nitrogens with zero attached hydrogens (tertiary/aromatic N) is 2. The smallest absolute Gasteiger partial charge is 0.225 e. The van der Waals surface area contributed by atoms with Crippen molar-refractivity contribution in [1.82, 2.24) is 15.1 Å². The summed E-state index contributed by atoms with van der Waals surface area (Å²) in [4.78, 5) is 27.7. The van der Waals surface area contributed by atoms with Crippen LogP contribution in [-0.2, 0) is 9.59 Å². The van der Waals surface area contributed by atoms with E-state index in [0.717, 1.165) is 32.1 Å². The maximum absolute atomic E-state index is 11.9. The lowest BCUT2D eigenvalue weighted by Gasteiger charge is -2.32. The van der Waals surface area contributed by atoms with Crippen molar-refractivity contribution in [3.63, 3.8) is 0 Å². The molecule has 1 aliphatic heterocycles. The van der Waals surface area contributed by atoms with Gasteiger partial charge < -0.3 is 15.1 Å². The normalized spacial score (nSPS) is 25.6. The molecule has 0 aromatic heterocycles. The van der Waals surface area contributed by atoms with Crippen LogP contribution >= 0.6 is 0 Å². The lowest BCUT2D eigenvalue weighted by Crippen LogP contribution is -2.42. The first-order valence-corrected chi connectivity index (χ1v) is 7.29. The molecule has 0 radical (unpaired) electrons. The highest BCUT2D eigenvalue weighted by Gasteiger charge is 2.30. The second-order valence-corrected chi connectivity index (χ2v) is 5.83. The highest BCUT2D eigenvalue weighted by atomic mass is 16.2. The second kappa shape index (κ2) is 6.37. The van der Waals surface area contributed by atoms with E-state index in [1.807, 2.05) is 0 Å². The van der Waals surface area contributed by atoms with Gasteiger partial charge in [0.05, 0.1) is 5.92 Å². The molecule has 2 aliphatic rings. The minimum Gasteiger partial charge on any atom is -0.359 e. The fourth-order valence-electron chi connectivity index (χ4n) is 2.94. The predicted molar refractivity (Wildman–Crippen MR) is 73.6 cm³/mol. The molecule has 2 fully saturated rings. The Morgan fingerprint density at radius 3 is 2.47 bits per heavy atom. The number of carbonyl (C=O) groups is 2. The third-order valence-corrected chi connectivity index (χ3v) is 4.41. The average molecular weight is 267 g/mol. The summed E-state index contributed by atoms with van der Waals surface area (Å²) in [7, 11) is 1.67. The van der Waals surface area contributed by atoms with E-state index in [4.69, 9.17) is 0 Å². The van der Waals surface area contributed by atoms with E-state index in [1.54, 1.807) is 18.9 Å². The molecule has 1 heterocycles. The summed E-state index contributed by atoms with van der Waals surface area (Å²) in [6.45, 7) is 5.64. The van der Waals surface area contributed by atoms with Gasteiger partial charge in [-0.05, 0) is 18.8 Å². The van der Waals surface area contributed by atoms with Crippen molar-refractivity contribution in [3.05, 3.63) is 0 Å². The maximum atomic E-state index is 11.9. The zero-order valence-electron chi connectivity index (χ0n) is 12.0. The fourth-order valence-corrected chi connectivity index (χ4v) is 2.94. The molecule has 1 saturated carbocycles. The number of hydrogen-bond donors (Lipinski definition) is 1. The predicted octanol–water partition coefficient (Wildman–Crippen LogP) is 0.313. The van der Waals surface area contributed by atoms with Crippen LogP contribution in [0.15, 0.2) is 0 Å². The monoisotopic (exact) mass is 267 g/mol. The van der Waals surface area contributed by atoms with Crippen molar-refractivity contribution in [2.24, 2.45) is 11.8 Å². The Labute approximate surface area is 115 Å². The zero-order chi connectivity index (χ0) is 13.8. The number of nitrogens with one attached hydrogen (secondary N) is 1. The largest absolute Gasteiger partial charge is 0.359 e. The quantitative estimate of drug-likeness (QED) is 0.801. The van der Waals surface area contributed by atoms with Crippen LogP contribution in [0.5, 0.6) is 0 Å². The lowest BCUT2D eigenvalue weighted by atomic mass is 9.85. The highest BCUT2D eigenvalue weighted by Crippen LogP contribution is 2.27. The number of hydrogen-bond acceptors (Lipinski definition) is 3. The zero-order valence-corrected chi connectivity index (χ0v) is 12.0. The molecule has 1 saturated heterocycles. The van der Waals surface area contributed by atoms with Gasteiger partial charge in [-0.15, -0.1) is 0 Å². The molecule has 1 atom stereocenters. The standard InChI is InChI=1S/C14H25N3O2/c1-11(18)17-7-6-16(8-12-4-3-5-12)9-13(10-17)14(19)15-2/h12-13H,3-10H2,1-2H3,(H,15,19)/t13-/m1/s1. The number of rotatable bonds is 3.